The fraction of sp³-hybridized carbons (Fsp3) is 0.444. The van der Waals surface area contributed by atoms with E-state index in [9.17, 15) is 14.3 Å². The number of nitrogens with two attached hydrogens (primary N) is 1. The van der Waals surface area contributed by atoms with Crippen LogP contribution < -0.4 is 5.73 Å². The molecule has 1 aliphatic rings. The van der Waals surface area contributed by atoms with E-state index in [0.717, 1.165) is 11.3 Å². The fourth-order valence-corrected chi connectivity index (χ4v) is 3.25. The highest BCUT2D eigenvalue weighted by Crippen LogP contribution is 2.25. The second-order valence-electron chi connectivity index (χ2n) is 6.71. The highest BCUT2D eigenvalue weighted by atomic mass is 19.1. The molecular weight excluding hydrogens is 323 g/mol. The number of benzene rings is 1. The molecule has 6 nitrogen and oxygen atoms in total. The van der Waals surface area contributed by atoms with E-state index in [-0.39, 0.29) is 23.7 Å². The van der Waals surface area contributed by atoms with Gasteiger partial charge in [-0.05, 0) is 43.5 Å². The van der Waals surface area contributed by atoms with E-state index in [1.165, 1.54) is 12.1 Å². The number of nitrogens with zero attached hydrogens (tertiary/aromatic N) is 3. The normalized spacial score (nSPS) is 23.4. The number of aromatic nitrogens is 2. The van der Waals surface area contributed by atoms with Crippen molar-refractivity contribution in [1.82, 2.24) is 14.7 Å². The number of carbonyl (C=O) groups is 1. The van der Waals surface area contributed by atoms with Crippen LogP contribution in [0.25, 0.3) is 5.69 Å². The summed E-state index contributed by atoms with van der Waals surface area (Å²) < 4.78 is 14.7. The Morgan fingerprint density at radius 3 is 2.80 bits per heavy atom. The van der Waals surface area contributed by atoms with Crippen LogP contribution in [0.15, 0.2) is 36.7 Å². The number of carbonyl (C=O) groups excluding carboxylic acids is 1. The van der Waals surface area contributed by atoms with Gasteiger partial charge in [0.25, 0.3) is 0 Å². The molecule has 1 fully saturated rings. The molecule has 0 aliphatic heterocycles. The van der Waals surface area contributed by atoms with Crippen LogP contribution >= 0.6 is 0 Å². The maximum absolute atomic E-state index is 13.0. The number of hydrogen-bond acceptors (Lipinski definition) is 4. The minimum atomic E-state index is -0.511. The van der Waals surface area contributed by atoms with Crippen molar-refractivity contribution in [2.45, 2.75) is 38.0 Å². The van der Waals surface area contributed by atoms with E-state index in [1.54, 1.807) is 35.0 Å². The van der Waals surface area contributed by atoms with Gasteiger partial charge in [0.1, 0.15) is 5.82 Å². The predicted molar refractivity (Wildman–Crippen MR) is 91.3 cm³/mol. The largest absolute Gasteiger partial charge is 0.392 e. The number of hydrogen-bond donors (Lipinski definition) is 2. The number of halogens is 1. The first-order valence-corrected chi connectivity index (χ1v) is 8.42. The molecule has 0 saturated heterocycles. The van der Waals surface area contributed by atoms with Gasteiger partial charge in [-0.3, -0.25) is 4.79 Å². The van der Waals surface area contributed by atoms with Crippen LogP contribution in [0.4, 0.5) is 4.39 Å². The lowest BCUT2D eigenvalue weighted by Crippen LogP contribution is -2.45. The van der Waals surface area contributed by atoms with Gasteiger partial charge in [0.05, 0.1) is 18.0 Å². The number of rotatable bonds is 4. The van der Waals surface area contributed by atoms with Crippen molar-refractivity contribution in [2.24, 2.45) is 11.7 Å². The lowest BCUT2D eigenvalue weighted by molar-refractivity contribution is -0.136. The molecule has 0 spiro atoms. The van der Waals surface area contributed by atoms with E-state index >= 15 is 0 Å². The molecule has 0 radical (unpaired) electrons. The molecule has 3 N–H and O–H groups in total. The minimum Gasteiger partial charge on any atom is -0.392 e. The Morgan fingerprint density at radius 2 is 2.12 bits per heavy atom. The highest BCUT2D eigenvalue weighted by Gasteiger charge is 2.32. The van der Waals surface area contributed by atoms with Gasteiger partial charge in [-0.15, -0.1) is 0 Å². The summed E-state index contributed by atoms with van der Waals surface area (Å²) in [6, 6.07) is 5.73. The Labute approximate surface area is 146 Å². The van der Waals surface area contributed by atoms with Crippen molar-refractivity contribution < 1.29 is 14.3 Å². The zero-order valence-corrected chi connectivity index (χ0v) is 14.2. The van der Waals surface area contributed by atoms with Crippen molar-refractivity contribution in [3.05, 3.63) is 48.0 Å². The second-order valence-corrected chi connectivity index (χ2v) is 6.71. The molecule has 1 aromatic carbocycles. The van der Waals surface area contributed by atoms with E-state index in [0.29, 0.717) is 25.8 Å². The SMILES string of the molecule is CN(Cc1cnn(-c2ccc(F)cc2)c1)C(=O)[C@H]1CC[C@@H](O)[C@H](N)C1. The van der Waals surface area contributed by atoms with Gasteiger partial charge >= 0.3 is 0 Å². The summed E-state index contributed by atoms with van der Waals surface area (Å²) in [6.07, 6.45) is 4.75. The van der Waals surface area contributed by atoms with Crippen LogP contribution in [-0.4, -0.2) is 44.9 Å². The van der Waals surface area contributed by atoms with Gasteiger partial charge in [0.15, 0.2) is 0 Å². The molecule has 1 heterocycles. The second kappa shape index (κ2) is 7.33. The molecule has 3 atom stereocenters. The van der Waals surface area contributed by atoms with E-state index in [4.69, 9.17) is 5.73 Å². The summed E-state index contributed by atoms with van der Waals surface area (Å²) >= 11 is 0. The van der Waals surface area contributed by atoms with E-state index < -0.39 is 6.10 Å². The quantitative estimate of drug-likeness (QED) is 0.878. The van der Waals surface area contributed by atoms with Crippen LogP contribution in [-0.2, 0) is 11.3 Å². The molecule has 1 aliphatic carbocycles. The first-order chi connectivity index (χ1) is 11.9. The monoisotopic (exact) mass is 346 g/mol. The van der Waals surface area contributed by atoms with Gasteiger partial charge in [-0.2, -0.15) is 5.10 Å². The maximum atomic E-state index is 13.0. The average molecular weight is 346 g/mol. The van der Waals surface area contributed by atoms with E-state index in [1.807, 2.05) is 6.20 Å². The molecule has 2 aromatic rings. The van der Waals surface area contributed by atoms with Gasteiger partial charge in [0, 0.05) is 37.3 Å². The molecule has 1 amide bonds. The summed E-state index contributed by atoms with van der Waals surface area (Å²) in [5.41, 5.74) is 7.52. The predicted octanol–water partition coefficient (Wildman–Crippen LogP) is 1.46. The van der Waals surface area contributed by atoms with E-state index in [2.05, 4.69) is 5.10 Å². The molecule has 25 heavy (non-hydrogen) atoms. The third-order valence-electron chi connectivity index (χ3n) is 4.73. The lowest BCUT2D eigenvalue weighted by Gasteiger charge is -2.32. The van der Waals surface area contributed by atoms with Crippen LogP contribution in [0.5, 0.6) is 0 Å². The van der Waals surface area contributed by atoms with Gasteiger partial charge in [-0.25, -0.2) is 9.07 Å². The summed E-state index contributed by atoms with van der Waals surface area (Å²) in [5.74, 6) is -0.398. The molecule has 1 saturated carbocycles. The highest BCUT2D eigenvalue weighted by molar-refractivity contribution is 5.78. The van der Waals surface area contributed by atoms with Crippen LogP contribution in [0.2, 0.25) is 0 Å². The van der Waals surface area contributed by atoms with Crippen molar-refractivity contribution in [3.8, 4) is 5.69 Å². The van der Waals surface area contributed by atoms with Crippen molar-refractivity contribution >= 4 is 5.91 Å². The number of aliphatic hydroxyl groups is 1. The Balaban J connectivity index is 1.62. The Morgan fingerprint density at radius 1 is 1.40 bits per heavy atom. The fourth-order valence-electron chi connectivity index (χ4n) is 3.25. The molecule has 3 rings (SSSR count). The zero-order valence-electron chi connectivity index (χ0n) is 14.2. The van der Waals surface area contributed by atoms with Crippen LogP contribution in [0.3, 0.4) is 0 Å². The molecule has 134 valence electrons. The number of aliphatic hydroxyl groups excluding tert-OH is 1. The minimum absolute atomic E-state index is 0.0388. The smallest absolute Gasteiger partial charge is 0.225 e. The molecule has 7 heteroatoms. The summed E-state index contributed by atoms with van der Waals surface area (Å²) in [4.78, 5) is 14.3. The molecule has 1 aromatic heterocycles. The zero-order chi connectivity index (χ0) is 18.0. The average Bonchev–Trinajstić information content (AvgIpc) is 3.05. The van der Waals surface area contributed by atoms with Gasteiger partial charge < -0.3 is 15.7 Å². The topological polar surface area (TPSA) is 84.4 Å². The van der Waals surface area contributed by atoms with Gasteiger partial charge in [-0.1, -0.05) is 0 Å². The Kier molecular flexibility index (Phi) is 5.15. The Hall–Kier alpha value is -2.25. The van der Waals surface area contributed by atoms with Crippen LogP contribution in [0.1, 0.15) is 24.8 Å². The summed E-state index contributed by atoms with van der Waals surface area (Å²) in [5, 5.41) is 14.0. The molecule has 0 bridgehead atoms. The third-order valence-corrected chi connectivity index (χ3v) is 4.73. The first kappa shape index (κ1) is 17.6. The van der Waals surface area contributed by atoms with Crippen molar-refractivity contribution in [3.63, 3.8) is 0 Å². The van der Waals surface area contributed by atoms with Crippen molar-refractivity contribution in [1.29, 1.82) is 0 Å². The number of amides is 1. The molecular formula is C18H23FN4O2. The Bertz CT molecular complexity index is 731. The first-order valence-electron chi connectivity index (χ1n) is 8.42. The summed E-state index contributed by atoms with van der Waals surface area (Å²) in [6.45, 7) is 0.439. The van der Waals surface area contributed by atoms with Crippen molar-refractivity contribution in [2.75, 3.05) is 7.05 Å². The van der Waals surface area contributed by atoms with Crippen LogP contribution in [0, 0.1) is 11.7 Å². The third kappa shape index (κ3) is 4.05. The lowest BCUT2D eigenvalue weighted by atomic mass is 9.83. The molecule has 0 unspecified atom stereocenters. The maximum Gasteiger partial charge on any atom is 0.225 e. The standard InChI is InChI=1S/C18H23FN4O2/c1-22(18(25)13-2-7-17(24)16(20)8-13)10-12-9-21-23(11-12)15-5-3-14(19)4-6-15/h3-6,9,11,13,16-17,24H,2,7-8,10,20H2,1H3/t13-,16+,17+/m0/s1. The summed E-state index contributed by atoms with van der Waals surface area (Å²) in [7, 11) is 1.76. The van der Waals surface area contributed by atoms with Gasteiger partial charge in [0.2, 0.25) is 5.91 Å².